The highest BCUT2D eigenvalue weighted by Crippen LogP contribution is 2.23. The summed E-state index contributed by atoms with van der Waals surface area (Å²) in [6, 6.07) is 7.14. The van der Waals surface area contributed by atoms with E-state index in [0.717, 1.165) is 42.1 Å². The number of ether oxygens (including phenoxy) is 1. The quantitative estimate of drug-likeness (QED) is 0.748. The molecule has 2 fully saturated rings. The summed E-state index contributed by atoms with van der Waals surface area (Å²) in [7, 11) is 0. The fraction of sp³-hybridized carbons (Fsp3) is 0.450. The normalized spacial score (nSPS) is 18.9. The first-order chi connectivity index (χ1) is 13.6. The molecule has 1 aromatic heterocycles. The number of halogens is 1. The number of aromatic nitrogens is 1. The van der Waals surface area contributed by atoms with Gasteiger partial charge < -0.3 is 15.0 Å². The summed E-state index contributed by atoms with van der Waals surface area (Å²) in [5.74, 6) is 0.673. The Kier molecular flexibility index (Phi) is 5.82. The van der Waals surface area contributed by atoms with E-state index < -0.39 is 0 Å². The van der Waals surface area contributed by atoms with Gasteiger partial charge in [0.1, 0.15) is 23.4 Å². The Morgan fingerprint density at radius 3 is 2.79 bits per heavy atom. The molecule has 0 spiro atoms. The van der Waals surface area contributed by atoms with Crippen LogP contribution in [0.1, 0.15) is 36.4 Å². The van der Waals surface area contributed by atoms with Crippen LogP contribution in [0.2, 0.25) is 5.02 Å². The van der Waals surface area contributed by atoms with Gasteiger partial charge in [-0.2, -0.15) is 0 Å². The average Bonchev–Trinajstić information content (AvgIpc) is 3.18. The topological polar surface area (TPSA) is 71.5 Å². The first-order valence-corrected chi connectivity index (χ1v) is 10.8. The third-order valence-electron chi connectivity index (χ3n) is 4.91. The highest BCUT2D eigenvalue weighted by atomic mass is 35.5. The number of carbonyl (C=O) groups is 2. The van der Waals surface area contributed by atoms with E-state index in [1.54, 1.807) is 29.2 Å². The molecule has 1 saturated heterocycles. The van der Waals surface area contributed by atoms with Crippen LogP contribution in [0.25, 0.3) is 0 Å². The van der Waals surface area contributed by atoms with Crippen LogP contribution in [0.3, 0.4) is 0 Å². The number of hydrogen-bond acceptors (Lipinski definition) is 5. The number of carbonyl (C=O) groups excluding carboxylic acids is 2. The number of likely N-dealkylation sites (tertiary alicyclic amines) is 1. The molecular weight excluding hydrogens is 398 g/mol. The van der Waals surface area contributed by atoms with Crippen LogP contribution in [0.4, 0.5) is 0 Å². The standard InChI is InChI=1S/C20H22ClN3O3S/c21-13-3-7-16(8-4-13)27-11-18-22-15(12-28-18)10-19(25)24-9-1-2-17(24)20(26)23-14-5-6-14/h3-4,7-8,12,14,17H,1-2,5-6,9-11H2,(H,23,26). The van der Waals surface area contributed by atoms with Gasteiger partial charge in [0.25, 0.3) is 0 Å². The molecule has 6 nitrogen and oxygen atoms in total. The molecule has 2 heterocycles. The van der Waals surface area contributed by atoms with Crippen molar-refractivity contribution in [3.05, 3.63) is 45.4 Å². The lowest BCUT2D eigenvalue weighted by atomic mass is 10.2. The van der Waals surface area contributed by atoms with Crippen LogP contribution in [0.15, 0.2) is 29.6 Å². The minimum Gasteiger partial charge on any atom is -0.486 e. The lowest BCUT2D eigenvalue weighted by Gasteiger charge is -2.23. The summed E-state index contributed by atoms with van der Waals surface area (Å²) in [6.45, 7) is 0.981. The predicted molar refractivity (Wildman–Crippen MR) is 108 cm³/mol. The molecule has 0 radical (unpaired) electrons. The van der Waals surface area contributed by atoms with E-state index in [0.29, 0.717) is 24.2 Å². The SMILES string of the molecule is O=C(NC1CC1)C1CCCN1C(=O)Cc1csc(COc2ccc(Cl)cc2)n1. The molecule has 0 bridgehead atoms. The summed E-state index contributed by atoms with van der Waals surface area (Å²) < 4.78 is 5.70. The largest absolute Gasteiger partial charge is 0.486 e. The predicted octanol–water partition coefficient (Wildman–Crippen LogP) is 3.19. The van der Waals surface area contributed by atoms with Gasteiger partial charge in [-0.3, -0.25) is 9.59 Å². The molecule has 28 heavy (non-hydrogen) atoms. The van der Waals surface area contributed by atoms with E-state index in [1.807, 2.05) is 5.38 Å². The van der Waals surface area contributed by atoms with Crippen LogP contribution in [-0.2, 0) is 22.6 Å². The molecule has 1 aliphatic heterocycles. The molecule has 4 rings (SSSR count). The molecule has 1 unspecified atom stereocenters. The summed E-state index contributed by atoms with van der Waals surface area (Å²) >= 11 is 7.33. The van der Waals surface area contributed by atoms with E-state index in [-0.39, 0.29) is 24.3 Å². The molecular formula is C20H22ClN3O3S. The van der Waals surface area contributed by atoms with Crippen LogP contribution in [0.5, 0.6) is 5.75 Å². The molecule has 1 atom stereocenters. The Balaban J connectivity index is 1.30. The molecule has 1 saturated carbocycles. The Morgan fingerprint density at radius 1 is 1.25 bits per heavy atom. The molecule has 2 aliphatic rings. The molecule has 2 aromatic rings. The zero-order chi connectivity index (χ0) is 19.5. The van der Waals surface area contributed by atoms with Gasteiger partial charge in [-0.15, -0.1) is 11.3 Å². The Hall–Kier alpha value is -2.12. The van der Waals surface area contributed by atoms with Gasteiger partial charge in [-0.1, -0.05) is 11.6 Å². The number of hydrogen-bond donors (Lipinski definition) is 1. The lowest BCUT2D eigenvalue weighted by molar-refractivity contribution is -0.138. The zero-order valence-electron chi connectivity index (χ0n) is 15.4. The van der Waals surface area contributed by atoms with Crippen molar-refractivity contribution in [2.75, 3.05) is 6.54 Å². The van der Waals surface area contributed by atoms with Crippen molar-refractivity contribution in [1.82, 2.24) is 15.2 Å². The summed E-state index contributed by atoms with van der Waals surface area (Å²) in [5, 5.41) is 6.36. The van der Waals surface area contributed by atoms with Gasteiger partial charge in [0.2, 0.25) is 11.8 Å². The van der Waals surface area contributed by atoms with Crippen LogP contribution < -0.4 is 10.1 Å². The zero-order valence-corrected chi connectivity index (χ0v) is 17.0. The van der Waals surface area contributed by atoms with Gasteiger partial charge >= 0.3 is 0 Å². The van der Waals surface area contributed by atoms with E-state index >= 15 is 0 Å². The molecule has 1 aliphatic carbocycles. The maximum Gasteiger partial charge on any atom is 0.243 e. The Bertz CT molecular complexity index is 851. The second-order valence-electron chi connectivity index (χ2n) is 7.18. The van der Waals surface area contributed by atoms with Crippen LogP contribution >= 0.6 is 22.9 Å². The van der Waals surface area contributed by atoms with E-state index in [9.17, 15) is 9.59 Å². The third-order valence-corrected chi connectivity index (χ3v) is 6.03. The molecule has 2 amide bonds. The van der Waals surface area contributed by atoms with Gasteiger partial charge in [0.15, 0.2) is 0 Å². The molecule has 8 heteroatoms. The Labute approximate surface area is 172 Å². The Morgan fingerprint density at radius 2 is 2.04 bits per heavy atom. The minimum atomic E-state index is -0.334. The highest BCUT2D eigenvalue weighted by Gasteiger charge is 2.36. The molecule has 148 valence electrons. The smallest absolute Gasteiger partial charge is 0.243 e. The number of rotatable bonds is 7. The van der Waals surface area contributed by atoms with E-state index in [4.69, 9.17) is 16.3 Å². The van der Waals surface area contributed by atoms with Crippen molar-refractivity contribution < 1.29 is 14.3 Å². The van der Waals surface area contributed by atoms with Crippen molar-refractivity contribution in [2.24, 2.45) is 0 Å². The highest BCUT2D eigenvalue weighted by molar-refractivity contribution is 7.09. The fourth-order valence-corrected chi connectivity index (χ4v) is 4.12. The van der Waals surface area contributed by atoms with Crippen molar-refractivity contribution in [3.8, 4) is 5.75 Å². The summed E-state index contributed by atoms with van der Waals surface area (Å²) in [4.78, 5) is 31.3. The van der Waals surface area contributed by atoms with Gasteiger partial charge in [-0.05, 0) is 49.9 Å². The van der Waals surface area contributed by atoms with E-state index in [1.165, 1.54) is 11.3 Å². The average molecular weight is 420 g/mol. The van der Waals surface area contributed by atoms with E-state index in [2.05, 4.69) is 10.3 Å². The summed E-state index contributed by atoms with van der Waals surface area (Å²) in [5.41, 5.74) is 0.720. The number of thiazole rings is 1. The molecule has 1 aromatic carbocycles. The maximum absolute atomic E-state index is 12.7. The molecule has 1 N–H and O–H groups in total. The minimum absolute atomic E-state index is 0.0105. The second kappa shape index (κ2) is 8.49. The second-order valence-corrected chi connectivity index (χ2v) is 8.56. The number of nitrogens with one attached hydrogen (secondary N) is 1. The van der Waals surface area contributed by atoms with Crippen molar-refractivity contribution in [3.63, 3.8) is 0 Å². The third kappa shape index (κ3) is 4.83. The first kappa shape index (κ1) is 19.2. The lowest BCUT2D eigenvalue weighted by Crippen LogP contribution is -2.47. The summed E-state index contributed by atoms with van der Waals surface area (Å²) in [6.07, 6.45) is 3.91. The van der Waals surface area contributed by atoms with Crippen molar-refractivity contribution >= 4 is 34.8 Å². The maximum atomic E-state index is 12.7. The van der Waals surface area contributed by atoms with Gasteiger partial charge in [0, 0.05) is 23.0 Å². The van der Waals surface area contributed by atoms with Gasteiger partial charge in [0.05, 0.1) is 12.1 Å². The fourth-order valence-electron chi connectivity index (χ4n) is 3.29. The van der Waals surface area contributed by atoms with Crippen molar-refractivity contribution in [2.45, 2.75) is 50.8 Å². The first-order valence-electron chi connectivity index (χ1n) is 9.50. The van der Waals surface area contributed by atoms with Crippen molar-refractivity contribution in [1.29, 1.82) is 0 Å². The van der Waals surface area contributed by atoms with Gasteiger partial charge in [-0.25, -0.2) is 4.98 Å². The van der Waals surface area contributed by atoms with Crippen LogP contribution in [0, 0.1) is 0 Å². The number of benzene rings is 1. The number of nitrogens with zero attached hydrogens (tertiary/aromatic N) is 2. The monoisotopic (exact) mass is 419 g/mol. The number of amides is 2. The van der Waals surface area contributed by atoms with Crippen LogP contribution in [-0.4, -0.2) is 40.3 Å².